The van der Waals surface area contributed by atoms with Crippen LogP contribution in [0.4, 0.5) is 0 Å². The molecule has 5 rings (SSSR count). The van der Waals surface area contributed by atoms with Crippen LogP contribution in [-0.4, -0.2) is 37.6 Å². The van der Waals surface area contributed by atoms with E-state index in [4.69, 9.17) is 4.99 Å². The normalized spacial score (nSPS) is 23.2. The average Bonchev–Trinajstić information content (AvgIpc) is 3.30. The number of aryl methyl sites for hydroxylation is 1. The Labute approximate surface area is 201 Å². The van der Waals surface area contributed by atoms with E-state index >= 15 is 0 Å². The number of nitrogens with zero attached hydrogens (tertiary/aromatic N) is 4. The van der Waals surface area contributed by atoms with E-state index in [1.165, 1.54) is 38.5 Å². The van der Waals surface area contributed by atoms with E-state index < -0.39 is 0 Å². The van der Waals surface area contributed by atoms with Crippen molar-refractivity contribution in [3.8, 4) is 5.69 Å². The first-order valence-electron chi connectivity index (χ1n) is 12.5. The molecule has 33 heavy (non-hydrogen) atoms. The fourth-order valence-corrected chi connectivity index (χ4v) is 6.67. The Morgan fingerprint density at radius 2 is 1.67 bits per heavy atom. The molecule has 1 amide bonds. The zero-order valence-electron chi connectivity index (χ0n) is 19.8. The molecule has 6 heteroatoms. The van der Waals surface area contributed by atoms with Crippen LogP contribution in [0.3, 0.4) is 0 Å². The van der Waals surface area contributed by atoms with Crippen molar-refractivity contribution in [2.75, 3.05) is 0 Å². The maximum Gasteiger partial charge on any atom is 0.267 e. The molecular formula is C27H34N4OS. The SMILES string of the molecule is Cc1cc(C=C2SC(=NC3CCCCC3)N(C3CCCCC3)C2=O)c(C)n1-c1ccncc1. The number of hydrogen-bond acceptors (Lipinski definition) is 4. The Balaban J connectivity index is 1.48. The third-order valence-electron chi connectivity index (χ3n) is 7.32. The highest BCUT2D eigenvalue weighted by Gasteiger charge is 2.39. The quantitative estimate of drug-likeness (QED) is 0.492. The van der Waals surface area contributed by atoms with Crippen LogP contribution in [0.2, 0.25) is 0 Å². The highest BCUT2D eigenvalue weighted by molar-refractivity contribution is 8.18. The highest BCUT2D eigenvalue weighted by Crippen LogP contribution is 2.39. The molecule has 3 fully saturated rings. The molecule has 0 spiro atoms. The van der Waals surface area contributed by atoms with Gasteiger partial charge in [0.2, 0.25) is 0 Å². The molecule has 0 radical (unpaired) electrons. The van der Waals surface area contributed by atoms with Crippen LogP contribution >= 0.6 is 11.8 Å². The summed E-state index contributed by atoms with van der Waals surface area (Å²) in [7, 11) is 0. The monoisotopic (exact) mass is 462 g/mol. The second-order valence-electron chi connectivity index (χ2n) is 9.65. The number of amidine groups is 1. The summed E-state index contributed by atoms with van der Waals surface area (Å²) in [5.41, 5.74) is 4.49. The minimum Gasteiger partial charge on any atom is -0.318 e. The smallest absolute Gasteiger partial charge is 0.267 e. The molecule has 0 aromatic carbocycles. The summed E-state index contributed by atoms with van der Waals surface area (Å²) < 4.78 is 2.23. The molecule has 3 aliphatic rings. The zero-order valence-corrected chi connectivity index (χ0v) is 20.6. The number of carbonyl (C=O) groups is 1. The number of carbonyl (C=O) groups excluding carboxylic acids is 1. The summed E-state index contributed by atoms with van der Waals surface area (Å²) in [6.45, 7) is 4.24. The third-order valence-corrected chi connectivity index (χ3v) is 8.32. The molecule has 0 bridgehead atoms. The zero-order chi connectivity index (χ0) is 22.8. The molecule has 5 nitrogen and oxygen atoms in total. The molecule has 0 unspecified atom stereocenters. The largest absolute Gasteiger partial charge is 0.318 e. The molecule has 0 atom stereocenters. The Kier molecular flexibility index (Phi) is 6.72. The predicted molar refractivity (Wildman–Crippen MR) is 137 cm³/mol. The van der Waals surface area contributed by atoms with Crippen LogP contribution < -0.4 is 0 Å². The number of pyridine rings is 1. The fraction of sp³-hybridized carbons (Fsp3) is 0.519. The number of thioether (sulfide) groups is 1. The third kappa shape index (κ3) is 4.68. The molecular weight excluding hydrogens is 428 g/mol. The molecule has 1 aliphatic heterocycles. The van der Waals surface area contributed by atoms with Gasteiger partial charge in [0, 0.05) is 35.5 Å². The minimum absolute atomic E-state index is 0.148. The average molecular weight is 463 g/mol. The van der Waals surface area contributed by atoms with Gasteiger partial charge in [-0.15, -0.1) is 0 Å². The van der Waals surface area contributed by atoms with Crippen LogP contribution in [0.1, 0.15) is 81.2 Å². The van der Waals surface area contributed by atoms with Crippen molar-refractivity contribution in [1.82, 2.24) is 14.5 Å². The summed E-state index contributed by atoms with van der Waals surface area (Å²) in [6.07, 6.45) is 17.8. The van der Waals surface area contributed by atoms with E-state index in [2.05, 4.69) is 40.4 Å². The number of aromatic nitrogens is 2. The van der Waals surface area contributed by atoms with Gasteiger partial charge in [0.1, 0.15) is 0 Å². The van der Waals surface area contributed by atoms with Gasteiger partial charge >= 0.3 is 0 Å². The summed E-state index contributed by atoms with van der Waals surface area (Å²) in [5.74, 6) is 0.148. The number of hydrogen-bond donors (Lipinski definition) is 0. The van der Waals surface area contributed by atoms with Crippen LogP contribution in [0.25, 0.3) is 11.8 Å². The van der Waals surface area contributed by atoms with E-state index in [0.29, 0.717) is 12.1 Å². The van der Waals surface area contributed by atoms with Gasteiger partial charge in [-0.3, -0.25) is 19.7 Å². The Hall–Kier alpha value is -2.34. The maximum atomic E-state index is 13.7. The lowest BCUT2D eigenvalue weighted by Gasteiger charge is -2.31. The first-order chi connectivity index (χ1) is 16.1. The highest BCUT2D eigenvalue weighted by atomic mass is 32.2. The summed E-state index contributed by atoms with van der Waals surface area (Å²) in [6, 6.07) is 6.89. The maximum absolute atomic E-state index is 13.7. The lowest BCUT2D eigenvalue weighted by Crippen LogP contribution is -2.41. The summed E-state index contributed by atoms with van der Waals surface area (Å²) in [5, 5.41) is 0.952. The van der Waals surface area contributed by atoms with Gasteiger partial charge in [-0.05, 0) is 81.1 Å². The van der Waals surface area contributed by atoms with E-state index in [-0.39, 0.29) is 5.91 Å². The molecule has 1 saturated heterocycles. The molecule has 174 valence electrons. The van der Waals surface area contributed by atoms with Crippen LogP contribution in [0.15, 0.2) is 40.5 Å². The standard InChI is InChI=1S/C27H34N4OS/c1-19-17-21(20(2)30(19)24-13-15-28-16-14-24)18-25-26(32)31(23-11-7-4-8-12-23)27(33-25)29-22-9-5-3-6-10-22/h13-18,22-23H,3-12H2,1-2H3. The Morgan fingerprint density at radius 3 is 2.36 bits per heavy atom. The summed E-state index contributed by atoms with van der Waals surface area (Å²) in [4.78, 5) is 25.9. The van der Waals surface area contributed by atoms with Crippen molar-refractivity contribution in [2.45, 2.75) is 90.1 Å². The molecule has 3 heterocycles. The van der Waals surface area contributed by atoms with Gasteiger partial charge in [0.25, 0.3) is 5.91 Å². The molecule has 2 aliphatic carbocycles. The molecule has 0 N–H and O–H groups in total. The molecule has 2 aromatic heterocycles. The van der Waals surface area contributed by atoms with Gasteiger partial charge in [-0.1, -0.05) is 38.5 Å². The van der Waals surface area contributed by atoms with E-state index in [9.17, 15) is 4.79 Å². The van der Waals surface area contributed by atoms with E-state index in [0.717, 1.165) is 58.4 Å². The number of aliphatic imine (C=N–C) groups is 1. The van der Waals surface area contributed by atoms with Gasteiger partial charge < -0.3 is 4.57 Å². The minimum atomic E-state index is 0.148. The second-order valence-corrected chi connectivity index (χ2v) is 10.7. The van der Waals surface area contributed by atoms with Crippen molar-refractivity contribution in [2.24, 2.45) is 4.99 Å². The van der Waals surface area contributed by atoms with Crippen molar-refractivity contribution < 1.29 is 4.79 Å². The molecule has 2 aromatic rings. The fourth-order valence-electron chi connectivity index (χ4n) is 5.57. The van der Waals surface area contributed by atoms with Crippen LogP contribution in [0, 0.1) is 13.8 Å². The van der Waals surface area contributed by atoms with Gasteiger partial charge in [0.15, 0.2) is 5.17 Å². The number of rotatable bonds is 4. The van der Waals surface area contributed by atoms with Crippen molar-refractivity contribution in [3.05, 3.63) is 52.4 Å². The first kappa shape index (κ1) is 22.5. The van der Waals surface area contributed by atoms with Crippen molar-refractivity contribution in [3.63, 3.8) is 0 Å². The summed E-state index contributed by atoms with van der Waals surface area (Å²) >= 11 is 1.60. The lowest BCUT2D eigenvalue weighted by molar-refractivity contribution is -0.124. The van der Waals surface area contributed by atoms with Gasteiger partial charge in [-0.25, -0.2) is 0 Å². The van der Waals surface area contributed by atoms with Crippen molar-refractivity contribution >= 4 is 28.9 Å². The van der Waals surface area contributed by atoms with E-state index in [1.807, 2.05) is 24.5 Å². The van der Waals surface area contributed by atoms with Crippen LogP contribution in [-0.2, 0) is 4.79 Å². The van der Waals surface area contributed by atoms with Crippen LogP contribution in [0.5, 0.6) is 0 Å². The van der Waals surface area contributed by atoms with Crippen molar-refractivity contribution in [1.29, 1.82) is 0 Å². The van der Waals surface area contributed by atoms with Gasteiger partial charge in [0.05, 0.1) is 10.9 Å². The molecule has 2 saturated carbocycles. The predicted octanol–water partition coefficient (Wildman–Crippen LogP) is 6.43. The first-order valence-corrected chi connectivity index (χ1v) is 13.3. The van der Waals surface area contributed by atoms with E-state index in [1.54, 1.807) is 11.8 Å². The number of amides is 1. The lowest BCUT2D eigenvalue weighted by atomic mass is 9.94. The van der Waals surface area contributed by atoms with Gasteiger partial charge in [-0.2, -0.15) is 0 Å². The Bertz CT molecular complexity index is 1060. The Morgan fingerprint density at radius 1 is 1.00 bits per heavy atom. The topological polar surface area (TPSA) is 50.5 Å². The second kappa shape index (κ2) is 9.88.